The van der Waals surface area contributed by atoms with Crippen molar-refractivity contribution in [1.82, 2.24) is 4.98 Å². The molecule has 4 heteroatoms. The highest BCUT2D eigenvalue weighted by Gasteiger charge is 2.01. The molecule has 1 aromatic rings. The molecule has 1 N–H and O–H groups in total. The van der Waals surface area contributed by atoms with Crippen LogP contribution in [0, 0.1) is 0 Å². The molecule has 2 heterocycles. The number of rotatable bonds is 3. The van der Waals surface area contributed by atoms with Crippen molar-refractivity contribution >= 4 is 11.9 Å². The maximum absolute atomic E-state index is 9.07. The van der Waals surface area contributed by atoms with Gasteiger partial charge < -0.3 is 5.11 Å². The third-order valence-corrected chi connectivity index (χ3v) is 2.23. The van der Waals surface area contributed by atoms with Crippen LogP contribution in [0.5, 0.6) is 5.75 Å². The van der Waals surface area contributed by atoms with Crippen LogP contribution in [0.15, 0.2) is 28.3 Å². The Morgan fingerprint density at radius 2 is 2.13 bits per heavy atom. The molecule has 0 atom stereocenters. The van der Waals surface area contributed by atoms with E-state index in [0.29, 0.717) is 0 Å². The fourth-order valence-electron chi connectivity index (χ4n) is 1.43. The first-order valence-electron chi connectivity index (χ1n) is 5.01. The van der Waals surface area contributed by atoms with E-state index in [1.807, 2.05) is 12.3 Å². The summed E-state index contributed by atoms with van der Waals surface area (Å²) < 4.78 is 0. The van der Waals surface area contributed by atoms with E-state index in [0.717, 1.165) is 37.3 Å². The Morgan fingerprint density at radius 1 is 1.20 bits per heavy atom. The summed E-state index contributed by atoms with van der Waals surface area (Å²) in [5.41, 5.74) is 2.01. The average molecular weight is 203 g/mol. The van der Waals surface area contributed by atoms with Gasteiger partial charge in [-0.2, -0.15) is 0 Å². The third-order valence-electron chi connectivity index (χ3n) is 2.23. The first kappa shape index (κ1) is 9.83. The summed E-state index contributed by atoms with van der Waals surface area (Å²) in [6.45, 7) is 1.61. The minimum Gasteiger partial charge on any atom is -0.506 e. The molecule has 0 spiro atoms. The molecule has 2 rings (SSSR count). The van der Waals surface area contributed by atoms with Crippen LogP contribution in [0.1, 0.15) is 12.1 Å². The van der Waals surface area contributed by atoms with E-state index in [2.05, 4.69) is 15.0 Å². The number of aromatic hydroxyl groups is 1. The van der Waals surface area contributed by atoms with Crippen LogP contribution >= 0.6 is 0 Å². The molecule has 0 saturated heterocycles. The van der Waals surface area contributed by atoms with E-state index in [1.165, 1.54) is 6.20 Å². The van der Waals surface area contributed by atoms with Gasteiger partial charge in [0.05, 0.1) is 25.0 Å². The fraction of sp³-hybridized carbons (Fsp3) is 0.364. The molecule has 0 unspecified atom stereocenters. The van der Waals surface area contributed by atoms with Crippen molar-refractivity contribution in [3.05, 3.63) is 24.0 Å². The van der Waals surface area contributed by atoms with Gasteiger partial charge in [0.25, 0.3) is 0 Å². The van der Waals surface area contributed by atoms with Crippen molar-refractivity contribution in [3.63, 3.8) is 0 Å². The zero-order chi connectivity index (χ0) is 10.5. The van der Waals surface area contributed by atoms with Gasteiger partial charge in [0.1, 0.15) is 5.75 Å². The standard InChI is InChI=1S/C11H13N3O/c15-11-4-3-9(14-8-11)1-2-10-7-12-5-6-13-10/h3-4,7-8,15H,1-2,5-6H2. The van der Waals surface area contributed by atoms with Crippen LogP contribution in [0.4, 0.5) is 0 Å². The lowest BCUT2D eigenvalue weighted by atomic mass is 10.1. The van der Waals surface area contributed by atoms with E-state index in [9.17, 15) is 0 Å². The number of aromatic nitrogens is 1. The van der Waals surface area contributed by atoms with Gasteiger partial charge in [-0.1, -0.05) is 0 Å². The summed E-state index contributed by atoms with van der Waals surface area (Å²) in [4.78, 5) is 12.6. The molecule has 1 aliphatic heterocycles. The predicted octanol–water partition coefficient (Wildman–Crippen LogP) is 1.25. The number of hydrogen-bond acceptors (Lipinski definition) is 4. The van der Waals surface area contributed by atoms with Crippen molar-refractivity contribution in [1.29, 1.82) is 0 Å². The summed E-state index contributed by atoms with van der Waals surface area (Å²) in [6.07, 6.45) is 5.00. The number of pyridine rings is 1. The Morgan fingerprint density at radius 3 is 2.80 bits per heavy atom. The van der Waals surface area contributed by atoms with Gasteiger partial charge in [-0.25, -0.2) is 0 Å². The molecule has 78 valence electrons. The van der Waals surface area contributed by atoms with Crippen LogP contribution < -0.4 is 0 Å². The summed E-state index contributed by atoms with van der Waals surface area (Å²) in [5, 5.41) is 9.07. The molecule has 15 heavy (non-hydrogen) atoms. The molecule has 1 aliphatic rings. The first-order chi connectivity index (χ1) is 7.34. The molecule has 0 fully saturated rings. The average Bonchev–Trinajstić information content (AvgIpc) is 2.30. The van der Waals surface area contributed by atoms with Gasteiger partial charge in [0.15, 0.2) is 0 Å². The van der Waals surface area contributed by atoms with E-state index in [4.69, 9.17) is 5.11 Å². The number of aryl methyl sites for hydroxylation is 1. The molecule has 0 aromatic carbocycles. The van der Waals surface area contributed by atoms with Crippen molar-refractivity contribution in [2.45, 2.75) is 12.8 Å². The van der Waals surface area contributed by atoms with Gasteiger partial charge in [-0.15, -0.1) is 0 Å². The van der Waals surface area contributed by atoms with Crippen molar-refractivity contribution in [2.24, 2.45) is 9.98 Å². The first-order valence-corrected chi connectivity index (χ1v) is 5.01. The Labute approximate surface area is 88.4 Å². The van der Waals surface area contributed by atoms with E-state index in [-0.39, 0.29) is 5.75 Å². The van der Waals surface area contributed by atoms with Crippen LogP contribution in [-0.4, -0.2) is 35.1 Å². The van der Waals surface area contributed by atoms with Crippen LogP contribution in [0.2, 0.25) is 0 Å². The molecule has 0 amide bonds. The largest absolute Gasteiger partial charge is 0.506 e. The summed E-state index contributed by atoms with van der Waals surface area (Å²) in [7, 11) is 0. The van der Waals surface area contributed by atoms with Gasteiger partial charge in [0, 0.05) is 11.9 Å². The summed E-state index contributed by atoms with van der Waals surface area (Å²) in [6, 6.07) is 3.48. The van der Waals surface area contributed by atoms with E-state index < -0.39 is 0 Å². The molecule has 1 aromatic heterocycles. The quantitative estimate of drug-likeness (QED) is 0.803. The van der Waals surface area contributed by atoms with Gasteiger partial charge in [0.2, 0.25) is 0 Å². The van der Waals surface area contributed by atoms with E-state index >= 15 is 0 Å². The maximum atomic E-state index is 9.07. The fourth-order valence-corrected chi connectivity index (χ4v) is 1.43. The van der Waals surface area contributed by atoms with Gasteiger partial charge >= 0.3 is 0 Å². The molecular weight excluding hydrogens is 190 g/mol. The smallest absolute Gasteiger partial charge is 0.133 e. The van der Waals surface area contributed by atoms with Gasteiger partial charge in [-0.05, 0) is 25.0 Å². The number of hydrogen-bond donors (Lipinski definition) is 1. The minimum absolute atomic E-state index is 0.204. The SMILES string of the molecule is Oc1ccc(CCC2=NCCN=C2)nc1. The minimum atomic E-state index is 0.204. The zero-order valence-corrected chi connectivity index (χ0v) is 8.43. The Kier molecular flexibility index (Phi) is 3.07. The maximum Gasteiger partial charge on any atom is 0.133 e. The highest BCUT2D eigenvalue weighted by Crippen LogP contribution is 2.08. The summed E-state index contributed by atoms with van der Waals surface area (Å²) in [5.74, 6) is 0.204. The highest BCUT2D eigenvalue weighted by molar-refractivity contribution is 6.30. The third kappa shape index (κ3) is 2.87. The second-order valence-electron chi connectivity index (χ2n) is 3.42. The van der Waals surface area contributed by atoms with Crippen molar-refractivity contribution < 1.29 is 5.11 Å². The van der Waals surface area contributed by atoms with Crippen LogP contribution in [0.25, 0.3) is 0 Å². The molecule has 0 aliphatic carbocycles. The molecule has 4 nitrogen and oxygen atoms in total. The lowest BCUT2D eigenvalue weighted by molar-refractivity contribution is 0.472. The highest BCUT2D eigenvalue weighted by atomic mass is 16.3. The van der Waals surface area contributed by atoms with Crippen LogP contribution in [-0.2, 0) is 6.42 Å². The molecule has 0 saturated carbocycles. The zero-order valence-electron chi connectivity index (χ0n) is 8.43. The molecule has 0 bridgehead atoms. The topological polar surface area (TPSA) is 57.8 Å². The number of aliphatic imine (C=N–C) groups is 2. The Bertz CT molecular complexity index is 381. The summed E-state index contributed by atoms with van der Waals surface area (Å²) >= 11 is 0. The van der Waals surface area contributed by atoms with E-state index in [1.54, 1.807) is 6.07 Å². The second-order valence-corrected chi connectivity index (χ2v) is 3.42. The molecular formula is C11H13N3O. The predicted molar refractivity (Wildman–Crippen MR) is 59.9 cm³/mol. The van der Waals surface area contributed by atoms with Gasteiger partial charge in [-0.3, -0.25) is 15.0 Å². The molecule has 0 radical (unpaired) electrons. The van der Waals surface area contributed by atoms with Crippen molar-refractivity contribution in [3.8, 4) is 5.75 Å². The van der Waals surface area contributed by atoms with Crippen molar-refractivity contribution in [2.75, 3.05) is 13.1 Å². The number of nitrogens with zero attached hydrogens (tertiary/aromatic N) is 3. The van der Waals surface area contributed by atoms with Crippen LogP contribution in [0.3, 0.4) is 0 Å². The Hall–Kier alpha value is -1.71. The Balaban J connectivity index is 1.90. The lowest BCUT2D eigenvalue weighted by Crippen LogP contribution is -2.10. The monoisotopic (exact) mass is 203 g/mol. The normalized spacial score (nSPS) is 15.1. The lowest BCUT2D eigenvalue weighted by Gasteiger charge is -2.05. The second kappa shape index (κ2) is 4.68.